The lowest BCUT2D eigenvalue weighted by molar-refractivity contribution is -0.176. The number of anilines is 1. The summed E-state index contributed by atoms with van der Waals surface area (Å²) in [6, 6.07) is 4.21. The van der Waals surface area contributed by atoms with Gasteiger partial charge in [-0.2, -0.15) is 18.3 Å². The van der Waals surface area contributed by atoms with E-state index in [0.717, 1.165) is 5.69 Å². The maximum Gasteiger partial charge on any atom is 0.393 e. The molecule has 1 unspecified atom stereocenters. The summed E-state index contributed by atoms with van der Waals surface area (Å²) in [5.74, 6) is -0.719. The van der Waals surface area contributed by atoms with Crippen molar-refractivity contribution in [3.05, 3.63) is 17.8 Å². The molecule has 1 aromatic heterocycles. The Morgan fingerprint density at radius 1 is 1.19 bits per heavy atom. The Labute approximate surface area is 121 Å². The second-order valence-electron chi connectivity index (χ2n) is 5.86. The molecule has 1 N–H and O–H groups in total. The standard InChI is InChI=1S/C14H19F3N4/c15-14(16,17)10-2-1-7-21(9-10)13-6-5-12(19-20-13)8-18-11-3-4-11/h5-6,10-11,18H,1-4,7-9H2. The van der Waals surface area contributed by atoms with Gasteiger partial charge in [-0.25, -0.2) is 0 Å². The molecule has 1 saturated heterocycles. The van der Waals surface area contributed by atoms with Crippen LogP contribution in [0.15, 0.2) is 12.1 Å². The van der Waals surface area contributed by atoms with E-state index in [-0.39, 0.29) is 13.0 Å². The van der Waals surface area contributed by atoms with Crippen LogP contribution in [-0.4, -0.2) is 35.5 Å². The van der Waals surface area contributed by atoms with Crippen LogP contribution >= 0.6 is 0 Å². The summed E-state index contributed by atoms with van der Waals surface area (Å²) < 4.78 is 38.4. The second kappa shape index (κ2) is 5.79. The van der Waals surface area contributed by atoms with E-state index < -0.39 is 12.1 Å². The third-order valence-corrected chi connectivity index (χ3v) is 4.06. The molecule has 2 aliphatic rings. The lowest BCUT2D eigenvalue weighted by atomic mass is 9.97. The Morgan fingerprint density at radius 3 is 2.62 bits per heavy atom. The van der Waals surface area contributed by atoms with Crippen LogP contribution in [0.3, 0.4) is 0 Å². The van der Waals surface area contributed by atoms with Gasteiger partial charge in [-0.1, -0.05) is 0 Å². The second-order valence-corrected chi connectivity index (χ2v) is 5.86. The van der Waals surface area contributed by atoms with Crippen LogP contribution < -0.4 is 10.2 Å². The van der Waals surface area contributed by atoms with Crippen LogP contribution in [-0.2, 0) is 6.54 Å². The zero-order valence-electron chi connectivity index (χ0n) is 11.7. The maximum absolute atomic E-state index is 12.8. The molecule has 1 aliphatic heterocycles. The van der Waals surface area contributed by atoms with Crippen molar-refractivity contribution in [1.82, 2.24) is 15.5 Å². The highest BCUT2D eigenvalue weighted by atomic mass is 19.4. The topological polar surface area (TPSA) is 41.0 Å². The predicted molar refractivity (Wildman–Crippen MR) is 72.9 cm³/mol. The first-order chi connectivity index (χ1) is 10.0. The van der Waals surface area contributed by atoms with E-state index in [1.807, 2.05) is 6.07 Å². The van der Waals surface area contributed by atoms with Crippen molar-refractivity contribution in [1.29, 1.82) is 0 Å². The number of hydrogen-bond donors (Lipinski definition) is 1. The number of rotatable bonds is 4. The van der Waals surface area contributed by atoms with E-state index in [2.05, 4.69) is 15.5 Å². The van der Waals surface area contributed by atoms with Gasteiger partial charge in [0.2, 0.25) is 0 Å². The van der Waals surface area contributed by atoms with Crippen LogP contribution in [0.2, 0.25) is 0 Å². The Balaban J connectivity index is 1.60. The fraction of sp³-hybridized carbons (Fsp3) is 0.714. The van der Waals surface area contributed by atoms with E-state index in [9.17, 15) is 13.2 Å². The van der Waals surface area contributed by atoms with Crippen LogP contribution in [0.5, 0.6) is 0 Å². The van der Waals surface area contributed by atoms with Crippen molar-refractivity contribution >= 4 is 5.82 Å². The molecule has 116 valence electrons. The summed E-state index contributed by atoms with van der Waals surface area (Å²) in [5.41, 5.74) is 0.829. The molecular formula is C14H19F3N4. The minimum atomic E-state index is -4.12. The largest absolute Gasteiger partial charge is 0.393 e. The molecule has 1 aliphatic carbocycles. The Bertz CT molecular complexity index is 470. The highest BCUT2D eigenvalue weighted by molar-refractivity contribution is 5.38. The average Bonchev–Trinajstić information content (AvgIpc) is 3.29. The zero-order chi connectivity index (χ0) is 14.9. The SMILES string of the molecule is FC(F)(F)C1CCCN(c2ccc(CNC3CC3)nn2)C1. The molecule has 1 saturated carbocycles. The van der Waals surface area contributed by atoms with Gasteiger partial charge in [-0.15, -0.1) is 5.10 Å². The summed E-state index contributed by atoms with van der Waals surface area (Å²) in [5, 5.41) is 11.5. The lowest BCUT2D eigenvalue weighted by Crippen LogP contribution is -2.42. The van der Waals surface area contributed by atoms with E-state index in [1.54, 1.807) is 11.0 Å². The predicted octanol–water partition coefficient (Wildman–Crippen LogP) is 2.51. The van der Waals surface area contributed by atoms with Crippen molar-refractivity contribution in [2.75, 3.05) is 18.0 Å². The van der Waals surface area contributed by atoms with Crippen molar-refractivity contribution in [3.63, 3.8) is 0 Å². The molecule has 0 spiro atoms. The molecule has 1 atom stereocenters. The Kier molecular flexibility index (Phi) is 4.01. The quantitative estimate of drug-likeness (QED) is 0.927. The molecule has 1 aromatic rings. The van der Waals surface area contributed by atoms with Gasteiger partial charge in [0.15, 0.2) is 5.82 Å². The first kappa shape index (κ1) is 14.6. The average molecular weight is 300 g/mol. The molecule has 0 radical (unpaired) electrons. The fourth-order valence-electron chi connectivity index (χ4n) is 2.60. The van der Waals surface area contributed by atoms with E-state index in [0.29, 0.717) is 31.4 Å². The summed E-state index contributed by atoms with van der Waals surface area (Å²) in [6.07, 6.45) is -0.968. The van der Waals surface area contributed by atoms with Gasteiger partial charge in [-0.05, 0) is 37.8 Å². The molecule has 0 bridgehead atoms. The molecule has 0 aromatic carbocycles. The lowest BCUT2D eigenvalue weighted by Gasteiger charge is -2.34. The van der Waals surface area contributed by atoms with Gasteiger partial charge in [-0.3, -0.25) is 0 Å². The molecule has 4 nitrogen and oxygen atoms in total. The highest BCUT2D eigenvalue weighted by Gasteiger charge is 2.42. The molecule has 7 heteroatoms. The third-order valence-electron chi connectivity index (χ3n) is 4.06. The van der Waals surface area contributed by atoms with Crippen molar-refractivity contribution in [2.24, 2.45) is 5.92 Å². The Morgan fingerprint density at radius 2 is 2.00 bits per heavy atom. The minimum Gasteiger partial charge on any atom is -0.355 e. The number of alkyl halides is 3. The monoisotopic (exact) mass is 300 g/mol. The van der Waals surface area contributed by atoms with Crippen LogP contribution in [0.1, 0.15) is 31.4 Å². The first-order valence-electron chi connectivity index (χ1n) is 7.40. The van der Waals surface area contributed by atoms with Gasteiger partial charge in [0.25, 0.3) is 0 Å². The molecule has 3 rings (SSSR count). The van der Waals surface area contributed by atoms with Gasteiger partial charge in [0.05, 0.1) is 11.6 Å². The van der Waals surface area contributed by atoms with Crippen molar-refractivity contribution in [2.45, 2.75) is 44.4 Å². The fourth-order valence-corrected chi connectivity index (χ4v) is 2.60. The summed E-state index contributed by atoms with van der Waals surface area (Å²) in [7, 11) is 0. The van der Waals surface area contributed by atoms with E-state index >= 15 is 0 Å². The molecule has 21 heavy (non-hydrogen) atoms. The Hall–Kier alpha value is -1.37. The third kappa shape index (κ3) is 3.84. The van der Waals surface area contributed by atoms with Crippen LogP contribution in [0, 0.1) is 5.92 Å². The maximum atomic E-state index is 12.8. The first-order valence-corrected chi connectivity index (χ1v) is 7.40. The van der Waals surface area contributed by atoms with E-state index in [4.69, 9.17) is 0 Å². The molecule has 0 amide bonds. The minimum absolute atomic E-state index is 0.0160. The van der Waals surface area contributed by atoms with Gasteiger partial charge < -0.3 is 10.2 Å². The number of halogens is 3. The number of aromatic nitrogens is 2. The van der Waals surface area contributed by atoms with Gasteiger partial charge in [0, 0.05) is 25.7 Å². The number of piperidine rings is 1. The van der Waals surface area contributed by atoms with Gasteiger partial charge in [0.1, 0.15) is 0 Å². The number of nitrogens with zero attached hydrogens (tertiary/aromatic N) is 3. The molecule has 2 heterocycles. The molecule has 2 fully saturated rings. The van der Waals surface area contributed by atoms with E-state index in [1.165, 1.54) is 12.8 Å². The zero-order valence-corrected chi connectivity index (χ0v) is 11.7. The smallest absolute Gasteiger partial charge is 0.355 e. The summed E-state index contributed by atoms with van der Waals surface area (Å²) >= 11 is 0. The normalized spacial score (nSPS) is 23.4. The summed E-state index contributed by atoms with van der Waals surface area (Å²) in [6.45, 7) is 1.27. The van der Waals surface area contributed by atoms with Crippen LogP contribution in [0.25, 0.3) is 0 Å². The van der Waals surface area contributed by atoms with Crippen molar-refractivity contribution < 1.29 is 13.2 Å². The highest BCUT2D eigenvalue weighted by Crippen LogP contribution is 2.34. The van der Waals surface area contributed by atoms with Gasteiger partial charge >= 0.3 is 6.18 Å². The number of hydrogen-bond acceptors (Lipinski definition) is 4. The van der Waals surface area contributed by atoms with Crippen LogP contribution in [0.4, 0.5) is 19.0 Å². The summed E-state index contributed by atoms with van der Waals surface area (Å²) in [4.78, 5) is 1.69. The van der Waals surface area contributed by atoms with Crippen molar-refractivity contribution in [3.8, 4) is 0 Å². The number of nitrogens with one attached hydrogen (secondary N) is 1. The molecular weight excluding hydrogens is 281 g/mol.